The quantitative estimate of drug-likeness (QED) is 0.512. The minimum atomic E-state index is -2.90. The van der Waals surface area contributed by atoms with Gasteiger partial charge in [-0.1, -0.05) is 6.58 Å². The lowest BCUT2D eigenvalue weighted by atomic mass is 10.7. The SMILES string of the molecule is C=C(I)C(F)(F)Br. The Hall–Kier alpha value is 0.810. The van der Waals surface area contributed by atoms with Gasteiger partial charge in [-0.3, -0.25) is 0 Å². The van der Waals surface area contributed by atoms with Gasteiger partial charge in [0.25, 0.3) is 0 Å². The van der Waals surface area contributed by atoms with Crippen LogP contribution in [0.1, 0.15) is 0 Å². The maximum absolute atomic E-state index is 11.7. The normalized spacial score (nSPS) is 11.4. The molecule has 0 aromatic heterocycles. The van der Waals surface area contributed by atoms with E-state index in [4.69, 9.17) is 0 Å². The van der Waals surface area contributed by atoms with Crippen molar-refractivity contribution in [3.05, 3.63) is 10.2 Å². The summed E-state index contributed by atoms with van der Waals surface area (Å²) in [6, 6.07) is 0. The number of hydrogen-bond acceptors (Lipinski definition) is 0. The van der Waals surface area contributed by atoms with Gasteiger partial charge in [-0.2, -0.15) is 8.78 Å². The van der Waals surface area contributed by atoms with E-state index in [0.717, 1.165) is 0 Å². The predicted molar refractivity (Wildman–Crippen MR) is 37.0 cm³/mol. The lowest BCUT2D eigenvalue weighted by Gasteiger charge is -2.02. The van der Waals surface area contributed by atoms with Crippen molar-refractivity contribution in [1.82, 2.24) is 0 Å². The molecule has 0 fully saturated rings. The van der Waals surface area contributed by atoms with Gasteiger partial charge in [0.1, 0.15) is 0 Å². The number of allylic oxidation sites excluding steroid dienone is 1. The summed E-state index contributed by atoms with van der Waals surface area (Å²) in [4.78, 5) is -2.90. The third-order valence-electron chi connectivity index (χ3n) is 0.308. The topological polar surface area (TPSA) is 0 Å². The Morgan fingerprint density at radius 2 is 1.86 bits per heavy atom. The zero-order chi connectivity index (χ0) is 6.08. The van der Waals surface area contributed by atoms with Gasteiger partial charge in [-0.25, -0.2) is 0 Å². The molecule has 0 atom stereocenters. The molecule has 42 valence electrons. The molecule has 0 aromatic carbocycles. The molecule has 0 aliphatic rings. The second-order valence-corrected chi connectivity index (χ2v) is 3.20. The summed E-state index contributed by atoms with van der Waals surface area (Å²) in [5.74, 6) is 0. The van der Waals surface area contributed by atoms with E-state index in [2.05, 4.69) is 22.5 Å². The fourth-order valence-corrected chi connectivity index (χ4v) is 0. The second kappa shape index (κ2) is 2.39. The van der Waals surface area contributed by atoms with Crippen LogP contribution in [-0.2, 0) is 0 Å². The first-order chi connectivity index (χ1) is 2.94. The van der Waals surface area contributed by atoms with Crippen LogP contribution in [0.4, 0.5) is 8.78 Å². The van der Waals surface area contributed by atoms with E-state index in [9.17, 15) is 8.78 Å². The molecule has 0 spiro atoms. The van der Waals surface area contributed by atoms with E-state index in [1.165, 1.54) is 22.6 Å². The molecule has 0 nitrogen and oxygen atoms in total. The molecule has 0 N–H and O–H groups in total. The molecule has 0 saturated heterocycles. The average Bonchev–Trinajstić information content (AvgIpc) is 1.31. The van der Waals surface area contributed by atoms with Crippen LogP contribution in [0.25, 0.3) is 0 Å². The first-order valence-electron chi connectivity index (χ1n) is 1.36. The van der Waals surface area contributed by atoms with Crippen LogP contribution < -0.4 is 0 Å². The zero-order valence-electron chi connectivity index (χ0n) is 3.22. The van der Waals surface area contributed by atoms with Crippen molar-refractivity contribution >= 4 is 38.5 Å². The Balaban J connectivity index is 3.79. The van der Waals surface area contributed by atoms with Gasteiger partial charge >= 0.3 is 4.83 Å². The van der Waals surface area contributed by atoms with Gasteiger partial charge in [-0.05, 0) is 38.5 Å². The number of hydrogen-bond donors (Lipinski definition) is 0. The van der Waals surface area contributed by atoms with E-state index in [0.29, 0.717) is 0 Å². The highest BCUT2D eigenvalue weighted by atomic mass is 127. The summed E-state index contributed by atoms with van der Waals surface area (Å²) in [7, 11) is 0. The van der Waals surface area contributed by atoms with Crippen molar-refractivity contribution in [2.45, 2.75) is 4.83 Å². The van der Waals surface area contributed by atoms with Gasteiger partial charge in [0.05, 0.1) is 3.58 Å². The van der Waals surface area contributed by atoms with Crippen molar-refractivity contribution < 1.29 is 8.78 Å². The molecular formula is C3H2BrF2I. The molecule has 0 aromatic rings. The van der Waals surface area contributed by atoms with Crippen molar-refractivity contribution in [2.24, 2.45) is 0 Å². The molecule has 0 radical (unpaired) electrons. The largest absolute Gasteiger partial charge is 0.331 e. The Morgan fingerprint density at radius 3 is 1.86 bits per heavy atom. The maximum Gasteiger partial charge on any atom is 0.331 e. The standard InChI is InChI=1S/C3H2BrF2I/c1-2(7)3(4,5)6/h1H2. The second-order valence-electron chi connectivity index (χ2n) is 0.903. The lowest BCUT2D eigenvalue weighted by molar-refractivity contribution is 0.169. The highest BCUT2D eigenvalue weighted by molar-refractivity contribution is 14.1. The lowest BCUT2D eigenvalue weighted by Crippen LogP contribution is -2.01. The van der Waals surface area contributed by atoms with Crippen LogP contribution in [0.3, 0.4) is 0 Å². The Kier molecular flexibility index (Phi) is 2.67. The fourth-order valence-electron chi connectivity index (χ4n) is 0. The fraction of sp³-hybridized carbons (Fsp3) is 0.333. The van der Waals surface area contributed by atoms with Gasteiger partial charge in [0.2, 0.25) is 0 Å². The summed E-state index contributed by atoms with van der Waals surface area (Å²) in [6.07, 6.45) is 0. The molecule has 0 rings (SSSR count). The smallest absolute Gasteiger partial charge is 0.188 e. The number of halogens is 4. The van der Waals surface area contributed by atoms with Crippen LogP contribution in [-0.4, -0.2) is 4.83 Å². The minimum Gasteiger partial charge on any atom is -0.188 e. The number of rotatable bonds is 1. The van der Waals surface area contributed by atoms with Gasteiger partial charge < -0.3 is 0 Å². The van der Waals surface area contributed by atoms with Gasteiger partial charge in [0, 0.05) is 0 Å². The van der Waals surface area contributed by atoms with E-state index in [1.54, 1.807) is 0 Å². The Bertz CT molecular complexity index is 85.4. The minimum absolute atomic E-state index is 0.204. The summed E-state index contributed by atoms with van der Waals surface area (Å²) in [5, 5.41) is 0. The average molecular weight is 283 g/mol. The van der Waals surface area contributed by atoms with Crippen LogP contribution in [0, 0.1) is 0 Å². The predicted octanol–water partition coefficient (Wildman–Crippen LogP) is 2.92. The highest BCUT2D eigenvalue weighted by Crippen LogP contribution is 2.33. The monoisotopic (exact) mass is 282 g/mol. The summed E-state index contributed by atoms with van der Waals surface area (Å²) >= 11 is 3.56. The molecule has 0 unspecified atom stereocenters. The highest BCUT2D eigenvalue weighted by Gasteiger charge is 2.25. The molecule has 7 heavy (non-hydrogen) atoms. The van der Waals surface area contributed by atoms with Crippen molar-refractivity contribution in [1.29, 1.82) is 0 Å². The Morgan fingerprint density at radius 1 is 1.71 bits per heavy atom. The molecule has 0 aliphatic carbocycles. The van der Waals surface area contributed by atoms with Crippen molar-refractivity contribution in [3.8, 4) is 0 Å². The maximum atomic E-state index is 11.7. The van der Waals surface area contributed by atoms with Crippen LogP contribution in [0.5, 0.6) is 0 Å². The van der Waals surface area contributed by atoms with Crippen LogP contribution in [0.2, 0.25) is 0 Å². The molecule has 4 heteroatoms. The van der Waals surface area contributed by atoms with Crippen molar-refractivity contribution in [2.75, 3.05) is 0 Å². The Labute approximate surface area is 62.2 Å². The van der Waals surface area contributed by atoms with Crippen LogP contribution >= 0.6 is 38.5 Å². The molecule has 0 aliphatic heterocycles. The molecule has 0 amide bonds. The zero-order valence-corrected chi connectivity index (χ0v) is 6.96. The molecule has 0 bridgehead atoms. The van der Waals surface area contributed by atoms with E-state index >= 15 is 0 Å². The first-order valence-corrected chi connectivity index (χ1v) is 3.23. The van der Waals surface area contributed by atoms with Crippen LogP contribution in [0.15, 0.2) is 10.2 Å². The van der Waals surface area contributed by atoms with Crippen molar-refractivity contribution in [3.63, 3.8) is 0 Å². The van der Waals surface area contributed by atoms with E-state index in [-0.39, 0.29) is 3.58 Å². The van der Waals surface area contributed by atoms with Gasteiger partial charge in [0.15, 0.2) is 0 Å². The van der Waals surface area contributed by atoms with E-state index in [1.807, 2.05) is 0 Å². The third kappa shape index (κ3) is 3.40. The van der Waals surface area contributed by atoms with Gasteiger partial charge in [-0.15, -0.1) is 0 Å². The summed E-state index contributed by atoms with van der Waals surface area (Å²) in [5.41, 5.74) is 0. The molecular weight excluding hydrogens is 281 g/mol. The van der Waals surface area contributed by atoms with E-state index < -0.39 is 4.83 Å². The summed E-state index contributed by atoms with van der Waals surface area (Å²) in [6.45, 7) is 3.02. The first kappa shape index (κ1) is 7.81. The molecule has 0 saturated carbocycles. The third-order valence-corrected chi connectivity index (χ3v) is 2.20. The number of alkyl halides is 3. The molecule has 0 heterocycles. The summed E-state index contributed by atoms with van der Waals surface area (Å²) < 4.78 is 23.1.